The molecule has 5 heteroatoms. The van der Waals surface area contributed by atoms with Crippen molar-refractivity contribution in [3.8, 4) is 0 Å². The van der Waals surface area contributed by atoms with E-state index in [-0.39, 0.29) is 23.7 Å². The summed E-state index contributed by atoms with van der Waals surface area (Å²) in [6.45, 7) is 0. The van der Waals surface area contributed by atoms with Gasteiger partial charge in [0.05, 0.1) is 0 Å². The Hall–Kier alpha value is -1.91. The van der Waals surface area contributed by atoms with E-state index in [2.05, 4.69) is 5.32 Å². The highest BCUT2D eigenvalue weighted by molar-refractivity contribution is 5.89. The van der Waals surface area contributed by atoms with Crippen LogP contribution in [0.15, 0.2) is 24.3 Å². The van der Waals surface area contributed by atoms with Crippen molar-refractivity contribution >= 4 is 17.5 Å². The summed E-state index contributed by atoms with van der Waals surface area (Å²) in [7, 11) is 1.72. The molecule has 1 fully saturated rings. The lowest BCUT2D eigenvalue weighted by Gasteiger charge is -2.30. The molecule has 1 N–H and O–H groups in total. The van der Waals surface area contributed by atoms with Gasteiger partial charge in [0.1, 0.15) is 11.6 Å². The number of amides is 2. The van der Waals surface area contributed by atoms with Crippen molar-refractivity contribution in [1.82, 2.24) is 4.90 Å². The number of benzene rings is 1. The van der Waals surface area contributed by atoms with Gasteiger partial charge in [0.15, 0.2) is 0 Å². The number of nitrogens with zero attached hydrogens (tertiary/aromatic N) is 1. The second kappa shape index (κ2) is 5.82. The largest absolute Gasteiger partial charge is 0.325 e. The molecule has 4 nitrogen and oxygen atoms in total. The van der Waals surface area contributed by atoms with E-state index < -0.39 is 0 Å². The maximum atomic E-state index is 12.8. The van der Waals surface area contributed by atoms with Crippen LogP contribution in [-0.2, 0) is 4.79 Å². The van der Waals surface area contributed by atoms with Crippen LogP contribution in [0.4, 0.5) is 14.9 Å². The highest BCUT2D eigenvalue weighted by Crippen LogP contribution is 2.20. The summed E-state index contributed by atoms with van der Waals surface area (Å²) in [4.78, 5) is 24.8. The van der Waals surface area contributed by atoms with Gasteiger partial charge in [-0.3, -0.25) is 4.79 Å². The van der Waals surface area contributed by atoms with E-state index in [1.807, 2.05) is 0 Å². The molecule has 1 saturated carbocycles. The third-order valence-electron chi connectivity index (χ3n) is 3.48. The molecule has 1 aliphatic carbocycles. The van der Waals surface area contributed by atoms with Crippen molar-refractivity contribution in [3.63, 3.8) is 0 Å². The highest BCUT2D eigenvalue weighted by atomic mass is 19.1. The van der Waals surface area contributed by atoms with Crippen LogP contribution < -0.4 is 5.32 Å². The summed E-state index contributed by atoms with van der Waals surface area (Å²) < 4.78 is 12.8. The molecule has 0 atom stereocenters. The quantitative estimate of drug-likeness (QED) is 0.893. The number of Topliss-reactive ketones (excluding diaryl/α,β-unsaturated/α-hetero) is 1. The van der Waals surface area contributed by atoms with E-state index in [4.69, 9.17) is 0 Å². The van der Waals surface area contributed by atoms with Gasteiger partial charge in [-0.1, -0.05) is 0 Å². The fraction of sp³-hybridized carbons (Fsp3) is 0.429. The lowest BCUT2D eigenvalue weighted by molar-refractivity contribution is -0.121. The third-order valence-corrected chi connectivity index (χ3v) is 3.48. The zero-order valence-corrected chi connectivity index (χ0v) is 10.9. The number of anilines is 1. The summed E-state index contributed by atoms with van der Waals surface area (Å²) in [6, 6.07) is 5.50. The molecule has 102 valence electrons. The van der Waals surface area contributed by atoms with Gasteiger partial charge in [-0.25, -0.2) is 9.18 Å². The molecule has 0 heterocycles. The van der Waals surface area contributed by atoms with E-state index in [1.54, 1.807) is 11.9 Å². The summed E-state index contributed by atoms with van der Waals surface area (Å²) >= 11 is 0. The Labute approximate surface area is 111 Å². The Balaban J connectivity index is 1.92. The first-order chi connectivity index (χ1) is 9.06. The molecular weight excluding hydrogens is 247 g/mol. The molecule has 19 heavy (non-hydrogen) atoms. The van der Waals surface area contributed by atoms with E-state index in [0.717, 1.165) is 0 Å². The zero-order chi connectivity index (χ0) is 13.8. The van der Waals surface area contributed by atoms with Gasteiger partial charge in [0.25, 0.3) is 0 Å². The second-order valence-electron chi connectivity index (χ2n) is 4.82. The first kappa shape index (κ1) is 13.5. The van der Waals surface area contributed by atoms with E-state index in [1.165, 1.54) is 24.3 Å². The van der Waals surface area contributed by atoms with Crippen molar-refractivity contribution in [2.24, 2.45) is 0 Å². The average molecular weight is 264 g/mol. The molecule has 1 aromatic carbocycles. The minimum atomic E-state index is -0.336. The third kappa shape index (κ3) is 3.53. The molecule has 2 amide bonds. The maximum absolute atomic E-state index is 12.8. The van der Waals surface area contributed by atoms with Crippen LogP contribution in [0.5, 0.6) is 0 Å². The summed E-state index contributed by atoms with van der Waals surface area (Å²) in [5.74, 6) is -0.0688. The Morgan fingerprint density at radius 1 is 1.26 bits per heavy atom. The van der Waals surface area contributed by atoms with Crippen LogP contribution >= 0.6 is 0 Å². The van der Waals surface area contributed by atoms with E-state index in [0.29, 0.717) is 31.4 Å². The number of carbonyl (C=O) groups is 2. The minimum Gasteiger partial charge on any atom is -0.325 e. The van der Waals surface area contributed by atoms with Gasteiger partial charge in [-0.05, 0) is 37.1 Å². The summed E-state index contributed by atoms with van der Waals surface area (Å²) in [5, 5.41) is 2.71. The van der Waals surface area contributed by atoms with Crippen molar-refractivity contribution in [3.05, 3.63) is 30.1 Å². The molecule has 0 aromatic heterocycles. The summed E-state index contributed by atoms with van der Waals surface area (Å²) in [6.07, 6.45) is 2.51. The lowest BCUT2D eigenvalue weighted by atomic mass is 9.93. The van der Waals surface area contributed by atoms with Crippen LogP contribution in [0.2, 0.25) is 0 Å². The number of hydrogen-bond acceptors (Lipinski definition) is 2. The monoisotopic (exact) mass is 264 g/mol. The van der Waals surface area contributed by atoms with Crippen molar-refractivity contribution < 1.29 is 14.0 Å². The second-order valence-corrected chi connectivity index (χ2v) is 4.82. The molecule has 0 spiro atoms. The Kier molecular flexibility index (Phi) is 4.14. The van der Waals surface area contributed by atoms with E-state index in [9.17, 15) is 14.0 Å². The number of halogens is 1. The number of urea groups is 1. The van der Waals surface area contributed by atoms with Crippen molar-refractivity contribution in [2.75, 3.05) is 12.4 Å². The molecule has 1 aromatic rings. The summed E-state index contributed by atoms with van der Waals surface area (Å²) in [5.41, 5.74) is 0.560. The SMILES string of the molecule is CN(C(=O)Nc1ccc(F)cc1)C1CCC(=O)CC1. The van der Waals surface area contributed by atoms with Crippen LogP contribution in [0, 0.1) is 5.82 Å². The predicted octanol–water partition coefficient (Wildman–Crippen LogP) is 2.80. The molecule has 0 saturated heterocycles. The van der Waals surface area contributed by atoms with Gasteiger partial charge in [0.2, 0.25) is 0 Å². The standard InChI is InChI=1S/C14H17FN2O2/c1-17(12-6-8-13(18)9-7-12)14(19)16-11-4-2-10(15)3-5-11/h2-5,12H,6-9H2,1H3,(H,16,19). The van der Waals surface area contributed by atoms with Crippen LogP contribution in [0.3, 0.4) is 0 Å². The molecule has 2 rings (SSSR count). The van der Waals surface area contributed by atoms with Crippen molar-refractivity contribution in [1.29, 1.82) is 0 Å². The Bertz CT molecular complexity index is 463. The van der Waals surface area contributed by atoms with Crippen molar-refractivity contribution in [2.45, 2.75) is 31.7 Å². The fourth-order valence-electron chi connectivity index (χ4n) is 2.22. The van der Waals surface area contributed by atoms with Gasteiger partial charge < -0.3 is 10.2 Å². The molecule has 1 aliphatic rings. The number of ketones is 1. The van der Waals surface area contributed by atoms with Gasteiger partial charge in [-0.2, -0.15) is 0 Å². The zero-order valence-electron chi connectivity index (χ0n) is 10.9. The topological polar surface area (TPSA) is 49.4 Å². The van der Waals surface area contributed by atoms with Crippen LogP contribution in [-0.4, -0.2) is 29.8 Å². The molecule has 0 unspecified atom stereocenters. The van der Waals surface area contributed by atoms with Gasteiger partial charge in [-0.15, -0.1) is 0 Å². The van der Waals surface area contributed by atoms with Crippen LogP contribution in [0.1, 0.15) is 25.7 Å². The van der Waals surface area contributed by atoms with Crippen LogP contribution in [0.25, 0.3) is 0 Å². The first-order valence-corrected chi connectivity index (χ1v) is 6.37. The lowest BCUT2D eigenvalue weighted by Crippen LogP contribution is -2.41. The number of rotatable bonds is 2. The smallest absolute Gasteiger partial charge is 0.321 e. The normalized spacial score (nSPS) is 16.2. The predicted molar refractivity (Wildman–Crippen MR) is 70.4 cm³/mol. The number of carbonyl (C=O) groups excluding carboxylic acids is 2. The fourth-order valence-corrected chi connectivity index (χ4v) is 2.22. The maximum Gasteiger partial charge on any atom is 0.321 e. The molecule has 0 bridgehead atoms. The van der Waals surface area contributed by atoms with Gasteiger partial charge in [0, 0.05) is 31.6 Å². The molecule has 0 aliphatic heterocycles. The Morgan fingerprint density at radius 2 is 1.84 bits per heavy atom. The van der Waals surface area contributed by atoms with Gasteiger partial charge >= 0.3 is 6.03 Å². The Morgan fingerprint density at radius 3 is 2.42 bits per heavy atom. The number of hydrogen-bond donors (Lipinski definition) is 1. The highest BCUT2D eigenvalue weighted by Gasteiger charge is 2.25. The minimum absolute atomic E-state index is 0.0955. The van der Waals surface area contributed by atoms with E-state index >= 15 is 0 Å². The molecular formula is C14H17FN2O2. The average Bonchev–Trinajstić information content (AvgIpc) is 2.41. The first-order valence-electron chi connectivity index (χ1n) is 6.37. The number of nitrogens with one attached hydrogen (secondary N) is 1. The molecule has 0 radical (unpaired) electrons.